The maximum Gasteiger partial charge on any atom is 0.416 e. The zero-order chi connectivity index (χ0) is 15.7. The molecular weight excluding hydrogens is 285 g/mol. The van der Waals surface area contributed by atoms with Crippen molar-refractivity contribution >= 4 is 17.1 Å². The molecule has 1 aromatic rings. The Kier molecular flexibility index (Phi) is 4.13. The average Bonchev–Trinajstić information content (AvgIpc) is 2.34. The number of nitrogens with zero attached hydrogens (tertiary/aromatic N) is 3. The second-order valence-electron chi connectivity index (χ2n) is 3.66. The first kappa shape index (κ1) is 15.6. The van der Waals surface area contributed by atoms with Crippen molar-refractivity contribution in [1.29, 1.82) is 0 Å². The fourth-order valence-corrected chi connectivity index (χ4v) is 1.50. The molecule has 1 N–H and O–H groups in total. The maximum atomic E-state index is 12.6. The molecule has 0 heterocycles. The Balaban J connectivity index is 3.73. The van der Waals surface area contributed by atoms with Crippen LogP contribution in [-0.2, 0) is 6.18 Å². The lowest BCUT2D eigenvalue weighted by atomic mass is 10.1. The van der Waals surface area contributed by atoms with E-state index in [4.69, 9.17) is 0 Å². The summed E-state index contributed by atoms with van der Waals surface area (Å²) in [6, 6.07) is 0.520. The van der Waals surface area contributed by atoms with Crippen molar-refractivity contribution in [3.8, 4) is 0 Å². The molecule has 0 bridgehead atoms. The third-order valence-electron chi connectivity index (χ3n) is 2.46. The largest absolute Gasteiger partial charge is 0.416 e. The van der Waals surface area contributed by atoms with Crippen LogP contribution >= 0.6 is 0 Å². The number of anilines is 1. The van der Waals surface area contributed by atoms with Crippen LogP contribution in [0.25, 0.3) is 0 Å². The minimum absolute atomic E-state index is 0.260. The third kappa shape index (κ3) is 2.93. The SMILES string of the molecule is CNN(C)c1c([N+](=O)[O-])cc(C(F)(F)F)cc1[N+](=O)[O-]. The molecule has 0 amide bonds. The Morgan fingerprint density at radius 3 is 1.80 bits per heavy atom. The Morgan fingerprint density at radius 1 is 1.15 bits per heavy atom. The molecule has 20 heavy (non-hydrogen) atoms. The highest BCUT2D eigenvalue weighted by Gasteiger charge is 2.38. The molecule has 0 aromatic heterocycles. The lowest BCUT2D eigenvalue weighted by Gasteiger charge is -2.18. The van der Waals surface area contributed by atoms with Crippen molar-refractivity contribution in [2.45, 2.75) is 6.18 Å². The molecule has 110 valence electrons. The number of hydrogen-bond donors (Lipinski definition) is 1. The number of halogens is 3. The van der Waals surface area contributed by atoms with Gasteiger partial charge in [-0.3, -0.25) is 25.2 Å². The summed E-state index contributed by atoms with van der Waals surface area (Å²) in [5, 5.41) is 22.6. The van der Waals surface area contributed by atoms with Gasteiger partial charge in [-0.2, -0.15) is 13.2 Å². The van der Waals surface area contributed by atoms with Crippen LogP contribution in [-0.4, -0.2) is 23.9 Å². The van der Waals surface area contributed by atoms with E-state index in [0.29, 0.717) is 0 Å². The second-order valence-corrected chi connectivity index (χ2v) is 3.66. The van der Waals surface area contributed by atoms with Crippen LogP contribution in [0.2, 0.25) is 0 Å². The summed E-state index contributed by atoms with van der Waals surface area (Å²) >= 11 is 0. The highest BCUT2D eigenvalue weighted by molar-refractivity contribution is 5.75. The predicted octanol–water partition coefficient (Wildman–Crippen LogP) is 2.09. The number of benzene rings is 1. The number of nitro groups is 2. The number of hydrazine groups is 1. The van der Waals surface area contributed by atoms with E-state index in [2.05, 4.69) is 5.43 Å². The monoisotopic (exact) mass is 294 g/mol. The third-order valence-corrected chi connectivity index (χ3v) is 2.46. The molecule has 0 aliphatic rings. The van der Waals surface area contributed by atoms with Gasteiger partial charge < -0.3 is 0 Å². The first-order valence-corrected chi connectivity index (χ1v) is 5.04. The van der Waals surface area contributed by atoms with Crippen molar-refractivity contribution in [1.82, 2.24) is 5.43 Å². The summed E-state index contributed by atoms with van der Waals surface area (Å²) in [6.07, 6.45) is -4.92. The van der Waals surface area contributed by atoms with Gasteiger partial charge in [0.05, 0.1) is 15.4 Å². The Morgan fingerprint density at radius 2 is 1.55 bits per heavy atom. The van der Waals surface area contributed by atoms with E-state index in [9.17, 15) is 33.4 Å². The maximum absolute atomic E-state index is 12.6. The average molecular weight is 294 g/mol. The molecule has 0 saturated heterocycles. The number of nitrogens with one attached hydrogen (secondary N) is 1. The van der Waals surface area contributed by atoms with Gasteiger partial charge in [0.2, 0.25) is 5.69 Å². The van der Waals surface area contributed by atoms with Gasteiger partial charge in [0, 0.05) is 26.2 Å². The lowest BCUT2D eigenvalue weighted by molar-refractivity contribution is -0.393. The molecule has 0 unspecified atom stereocenters. The standard InChI is InChI=1S/C9H9F3N4O4/c1-13-14(2)8-6(15(17)18)3-5(9(10,11)12)4-7(8)16(19)20/h3-4,13H,1-2H3. The van der Waals surface area contributed by atoms with Crippen LogP contribution in [0.5, 0.6) is 0 Å². The van der Waals surface area contributed by atoms with Gasteiger partial charge in [-0.1, -0.05) is 0 Å². The first-order valence-electron chi connectivity index (χ1n) is 5.04. The molecule has 0 aliphatic carbocycles. The van der Waals surface area contributed by atoms with E-state index in [1.54, 1.807) is 0 Å². The molecule has 0 radical (unpaired) electrons. The molecule has 8 nitrogen and oxygen atoms in total. The summed E-state index contributed by atoms with van der Waals surface area (Å²) in [6.45, 7) is 0. The van der Waals surface area contributed by atoms with Crippen molar-refractivity contribution < 1.29 is 23.0 Å². The van der Waals surface area contributed by atoms with E-state index in [0.717, 1.165) is 5.01 Å². The highest BCUT2D eigenvalue weighted by Crippen LogP contribution is 2.42. The molecule has 1 rings (SSSR count). The van der Waals surface area contributed by atoms with Crippen molar-refractivity contribution in [2.75, 3.05) is 19.1 Å². The first-order chi connectivity index (χ1) is 9.09. The number of alkyl halides is 3. The summed E-state index contributed by atoms with van der Waals surface area (Å²) in [5.41, 5.74) is -1.66. The van der Waals surface area contributed by atoms with Crippen molar-refractivity contribution in [3.63, 3.8) is 0 Å². The van der Waals surface area contributed by atoms with Gasteiger partial charge >= 0.3 is 17.6 Å². The highest BCUT2D eigenvalue weighted by atomic mass is 19.4. The van der Waals surface area contributed by atoms with Crippen molar-refractivity contribution in [2.24, 2.45) is 0 Å². The zero-order valence-corrected chi connectivity index (χ0v) is 10.3. The smallest absolute Gasteiger partial charge is 0.300 e. The Labute approximate surface area is 110 Å². The summed E-state index contributed by atoms with van der Waals surface area (Å²) in [4.78, 5) is 19.5. The molecule has 0 fully saturated rings. The number of hydrogen-bond acceptors (Lipinski definition) is 6. The number of nitro benzene ring substituents is 2. The van der Waals surface area contributed by atoms with Gasteiger partial charge in [-0.25, -0.2) is 5.43 Å². The number of rotatable bonds is 4. The van der Waals surface area contributed by atoms with Crippen LogP contribution in [0.4, 0.5) is 30.2 Å². The fraction of sp³-hybridized carbons (Fsp3) is 0.333. The van der Waals surface area contributed by atoms with Gasteiger partial charge in [0.1, 0.15) is 0 Å². The lowest BCUT2D eigenvalue weighted by Crippen LogP contribution is -2.31. The zero-order valence-electron chi connectivity index (χ0n) is 10.3. The Hall–Kier alpha value is -2.43. The van der Waals surface area contributed by atoms with Crippen molar-refractivity contribution in [3.05, 3.63) is 37.9 Å². The summed E-state index contributed by atoms with van der Waals surface area (Å²) in [7, 11) is 2.52. The van der Waals surface area contributed by atoms with Crippen LogP contribution in [0.1, 0.15) is 5.56 Å². The molecule has 11 heteroatoms. The molecular formula is C9H9F3N4O4. The minimum atomic E-state index is -4.92. The van der Waals surface area contributed by atoms with Gasteiger partial charge in [0.25, 0.3) is 0 Å². The van der Waals surface area contributed by atoms with Gasteiger partial charge in [0.15, 0.2) is 0 Å². The molecule has 0 atom stereocenters. The molecule has 0 spiro atoms. The summed E-state index contributed by atoms with van der Waals surface area (Å²) < 4.78 is 37.8. The van der Waals surface area contributed by atoms with E-state index in [1.165, 1.54) is 14.1 Å². The predicted molar refractivity (Wildman–Crippen MR) is 62.2 cm³/mol. The molecule has 1 aromatic carbocycles. The summed E-state index contributed by atoms with van der Waals surface area (Å²) in [5.74, 6) is 0. The van der Waals surface area contributed by atoms with Crippen LogP contribution in [0.3, 0.4) is 0 Å². The molecule has 0 aliphatic heterocycles. The van der Waals surface area contributed by atoms with E-state index in [-0.39, 0.29) is 12.1 Å². The second kappa shape index (κ2) is 5.28. The van der Waals surface area contributed by atoms with Crippen LogP contribution in [0, 0.1) is 20.2 Å². The van der Waals surface area contributed by atoms with E-state index >= 15 is 0 Å². The normalized spacial score (nSPS) is 11.2. The minimum Gasteiger partial charge on any atom is -0.300 e. The molecule has 0 saturated carbocycles. The van der Waals surface area contributed by atoms with Crippen LogP contribution in [0.15, 0.2) is 12.1 Å². The van der Waals surface area contributed by atoms with Gasteiger partial charge in [-0.05, 0) is 0 Å². The van der Waals surface area contributed by atoms with Gasteiger partial charge in [-0.15, -0.1) is 0 Å². The van der Waals surface area contributed by atoms with E-state index < -0.39 is 38.6 Å². The van der Waals surface area contributed by atoms with Crippen LogP contribution < -0.4 is 10.4 Å². The van der Waals surface area contributed by atoms with E-state index in [1.807, 2.05) is 0 Å². The quantitative estimate of drug-likeness (QED) is 0.674. The Bertz CT molecular complexity index is 526. The fourth-order valence-electron chi connectivity index (χ4n) is 1.50. The topological polar surface area (TPSA) is 102 Å².